The van der Waals surface area contributed by atoms with Crippen LogP contribution < -0.4 is 10.5 Å². The molecule has 0 aliphatic carbocycles. The lowest BCUT2D eigenvalue weighted by Crippen LogP contribution is -1.99. The lowest BCUT2D eigenvalue weighted by molar-refractivity contribution is 0.318. The zero-order valence-corrected chi connectivity index (χ0v) is 13.2. The van der Waals surface area contributed by atoms with E-state index >= 15 is 0 Å². The Morgan fingerprint density at radius 3 is 2.48 bits per heavy atom. The number of aryl methyl sites for hydroxylation is 2. The smallest absolute Gasteiger partial charge is 0.125 e. The van der Waals surface area contributed by atoms with Crippen LogP contribution in [-0.2, 0) is 0 Å². The SMILES string of the molecule is Cc1cc(C)cc(OCCCSc2ccc(F)cc2N)c1. The fraction of sp³-hybridized carbons (Fsp3) is 0.294. The highest BCUT2D eigenvalue weighted by atomic mass is 32.2. The Morgan fingerprint density at radius 2 is 1.81 bits per heavy atom. The van der Waals surface area contributed by atoms with Crippen LogP contribution in [0.2, 0.25) is 0 Å². The molecule has 0 amide bonds. The molecule has 0 heterocycles. The van der Waals surface area contributed by atoms with Crippen LogP contribution in [0.4, 0.5) is 10.1 Å². The number of nitrogens with two attached hydrogens (primary N) is 1. The van der Waals surface area contributed by atoms with E-state index < -0.39 is 0 Å². The number of rotatable bonds is 6. The first-order chi connectivity index (χ1) is 10.0. The van der Waals surface area contributed by atoms with Gasteiger partial charge < -0.3 is 10.5 Å². The second-order valence-electron chi connectivity index (χ2n) is 5.06. The molecule has 2 rings (SSSR count). The lowest BCUT2D eigenvalue weighted by Gasteiger charge is -2.09. The molecule has 112 valence electrons. The number of nitrogen functional groups attached to an aromatic ring is 1. The Labute approximate surface area is 129 Å². The summed E-state index contributed by atoms with van der Waals surface area (Å²) in [7, 11) is 0. The van der Waals surface area contributed by atoms with Crippen LogP contribution in [0.25, 0.3) is 0 Å². The molecule has 2 aromatic rings. The van der Waals surface area contributed by atoms with E-state index in [2.05, 4.69) is 19.9 Å². The predicted molar refractivity (Wildman–Crippen MR) is 87.6 cm³/mol. The minimum atomic E-state index is -0.296. The number of hydrogen-bond acceptors (Lipinski definition) is 3. The maximum Gasteiger partial charge on any atom is 0.125 e. The summed E-state index contributed by atoms with van der Waals surface area (Å²) in [5.41, 5.74) is 8.68. The quantitative estimate of drug-likeness (QED) is 0.482. The second kappa shape index (κ2) is 7.36. The molecule has 0 aliphatic heterocycles. The highest BCUT2D eigenvalue weighted by Gasteiger charge is 2.02. The molecule has 0 radical (unpaired) electrons. The molecule has 0 fully saturated rings. The van der Waals surface area contributed by atoms with Crippen LogP contribution in [0, 0.1) is 19.7 Å². The molecular weight excluding hydrogens is 285 g/mol. The zero-order chi connectivity index (χ0) is 15.2. The molecule has 2 nitrogen and oxygen atoms in total. The van der Waals surface area contributed by atoms with Gasteiger partial charge in [-0.15, -0.1) is 11.8 Å². The third kappa shape index (κ3) is 4.97. The normalized spacial score (nSPS) is 10.6. The second-order valence-corrected chi connectivity index (χ2v) is 6.19. The molecule has 0 spiro atoms. The first-order valence-electron chi connectivity index (χ1n) is 6.93. The van der Waals surface area contributed by atoms with Crippen molar-refractivity contribution in [2.45, 2.75) is 25.2 Å². The average molecular weight is 305 g/mol. The summed E-state index contributed by atoms with van der Waals surface area (Å²) in [5, 5.41) is 0. The topological polar surface area (TPSA) is 35.2 Å². The van der Waals surface area contributed by atoms with Crippen molar-refractivity contribution in [3.8, 4) is 5.75 Å². The molecule has 4 heteroatoms. The third-order valence-electron chi connectivity index (χ3n) is 2.98. The summed E-state index contributed by atoms with van der Waals surface area (Å²) < 4.78 is 18.7. The Hall–Kier alpha value is -1.68. The summed E-state index contributed by atoms with van der Waals surface area (Å²) in [5.74, 6) is 1.51. The first-order valence-corrected chi connectivity index (χ1v) is 7.92. The van der Waals surface area contributed by atoms with Gasteiger partial charge in [0, 0.05) is 16.3 Å². The maximum absolute atomic E-state index is 12.9. The number of hydrogen-bond donors (Lipinski definition) is 1. The van der Waals surface area contributed by atoms with Crippen LogP contribution in [0.3, 0.4) is 0 Å². The van der Waals surface area contributed by atoms with Crippen molar-refractivity contribution in [1.29, 1.82) is 0 Å². The summed E-state index contributed by atoms with van der Waals surface area (Å²) >= 11 is 1.63. The van der Waals surface area contributed by atoms with E-state index in [0.717, 1.165) is 22.8 Å². The van der Waals surface area contributed by atoms with Gasteiger partial charge in [0.25, 0.3) is 0 Å². The number of thioether (sulfide) groups is 1. The van der Waals surface area contributed by atoms with Gasteiger partial charge in [-0.2, -0.15) is 0 Å². The third-order valence-corrected chi connectivity index (χ3v) is 4.16. The van der Waals surface area contributed by atoms with E-state index in [9.17, 15) is 4.39 Å². The largest absolute Gasteiger partial charge is 0.494 e. The maximum atomic E-state index is 12.9. The molecule has 0 bridgehead atoms. The van der Waals surface area contributed by atoms with Crippen molar-refractivity contribution in [2.75, 3.05) is 18.1 Å². The summed E-state index contributed by atoms with van der Waals surface area (Å²) in [6.45, 7) is 4.79. The van der Waals surface area contributed by atoms with E-state index in [0.29, 0.717) is 12.3 Å². The van der Waals surface area contributed by atoms with Crippen LogP contribution in [-0.4, -0.2) is 12.4 Å². The van der Waals surface area contributed by atoms with E-state index in [4.69, 9.17) is 10.5 Å². The molecule has 0 unspecified atom stereocenters. The average Bonchev–Trinajstić information content (AvgIpc) is 2.39. The summed E-state index contributed by atoms with van der Waals surface area (Å²) in [6.07, 6.45) is 0.911. The van der Waals surface area contributed by atoms with Gasteiger partial charge in [-0.05, 0) is 61.7 Å². The van der Waals surface area contributed by atoms with Gasteiger partial charge in [0.2, 0.25) is 0 Å². The monoisotopic (exact) mass is 305 g/mol. The standard InChI is InChI=1S/C17H20FNOS/c1-12-8-13(2)10-15(9-12)20-6-3-7-21-17-5-4-14(18)11-16(17)19/h4-5,8-11H,3,6-7,19H2,1-2H3. The van der Waals surface area contributed by atoms with E-state index in [1.165, 1.54) is 23.3 Å². The molecule has 0 aromatic heterocycles. The van der Waals surface area contributed by atoms with E-state index in [1.54, 1.807) is 17.8 Å². The molecule has 0 aliphatic rings. The van der Waals surface area contributed by atoms with Crippen molar-refractivity contribution in [2.24, 2.45) is 0 Å². The highest BCUT2D eigenvalue weighted by molar-refractivity contribution is 7.99. The Bertz CT molecular complexity index is 595. The number of anilines is 1. The molecule has 21 heavy (non-hydrogen) atoms. The number of ether oxygens (including phenoxy) is 1. The van der Waals surface area contributed by atoms with Gasteiger partial charge in [-0.1, -0.05) is 6.07 Å². The van der Waals surface area contributed by atoms with Gasteiger partial charge in [0.05, 0.1) is 6.61 Å². The minimum absolute atomic E-state index is 0.296. The van der Waals surface area contributed by atoms with Crippen LogP contribution >= 0.6 is 11.8 Å². The minimum Gasteiger partial charge on any atom is -0.494 e. The highest BCUT2D eigenvalue weighted by Crippen LogP contribution is 2.26. The van der Waals surface area contributed by atoms with Gasteiger partial charge in [0.1, 0.15) is 11.6 Å². The van der Waals surface area contributed by atoms with Crippen LogP contribution in [0.5, 0.6) is 5.75 Å². The van der Waals surface area contributed by atoms with E-state index in [1.807, 2.05) is 12.1 Å². The lowest BCUT2D eigenvalue weighted by atomic mass is 10.1. The Morgan fingerprint density at radius 1 is 1.10 bits per heavy atom. The van der Waals surface area contributed by atoms with Gasteiger partial charge in [0.15, 0.2) is 0 Å². The van der Waals surface area contributed by atoms with Crippen LogP contribution in [0.1, 0.15) is 17.5 Å². The van der Waals surface area contributed by atoms with Crippen molar-refractivity contribution in [3.05, 3.63) is 53.3 Å². The molecule has 2 aromatic carbocycles. The Balaban J connectivity index is 1.75. The fourth-order valence-electron chi connectivity index (χ4n) is 2.10. The summed E-state index contributed by atoms with van der Waals surface area (Å²) in [6, 6.07) is 10.7. The summed E-state index contributed by atoms with van der Waals surface area (Å²) in [4.78, 5) is 0.919. The molecule has 0 atom stereocenters. The van der Waals surface area contributed by atoms with Gasteiger partial charge >= 0.3 is 0 Å². The van der Waals surface area contributed by atoms with Crippen molar-refractivity contribution >= 4 is 17.4 Å². The van der Waals surface area contributed by atoms with Crippen LogP contribution in [0.15, 0.2) is 41.3 Å². The first kappa shape index (κ1) is 15.7. The zero-order valence-electron chi connectivity index (χ0n) is 12.4. The van der Waals surface area contributed by atoms with Crippen molar-refractivity contribution in [3.63, 3.8) is 0 Å². The van der Waals surface area contributed by atoms with Crippen molar-refractivity contribution in [1.82, 2.24) is 0 Å². The molecule has 2 N–H and O–H groups in total. The number of benzene rings is 2. The van der Waals surface area contributed by atoms with Crippen molar-refractivity contribution < 1.29 is 9.13 Å². The van der Waals surface area contributed by atoms with E-state index in [-0.39, 0.29) is 5.82 Å². The molecule has 0 saturated heterocycles. The fourth-order valence-corrected chi connectivity index (χ4v) is 2.97. The van der Waals surface area contributed by atoms with Gasteiger partial charge in [-0.3, -0.25) is 0 Å². The molecular formula is C17H20FNOS. The molecule has 0 saturated carbocycles. The Kier molecular flexibility index (Phi) is 5.51. The van der Waals surface area contributed by atoms with Gasteiger partial charge in [-0.25, -0.2) is 4.39 Å². The number of halogens is 1. The predicted octanol–water partition coefficient (Wildman–Crippen LogP) is 4.59.